The first kappa shape index (κ1) is 59.3. The maximum atomic E-state index is 12.0. The Kier molecular flexibility index (Phi) is 31.4. The van der Waals surface area contributed by atoms with Crippen molar-refractivity contribution < 1.29 is 25.9 Å². The van der Waals surface area contributed by atoms with Crippen LogP contribution in [0.15, 0.2) is 70.5 Å². The van der Waals surface area contributed by atoms with Gasteiger partial charge in [-0.15, -0.1) is 0 Å². The molecule has 9 heteroatoms. The molecule has 4 aromatic carbocycles. The molecule has 65 heavy (non-hydrogen) atoms. The van der Waals surface area contributed by atoms with Gasteiger partial charge in [0.15, 0.2) is 0 Å². The predicted molar refractivity (Wildman–Crippen MR) is 276 cm³/mol. The van der Waals surface area contributed by atoms with Gasteiger partial charge in [-0.2, -0.15) is 0 Å². The van der Waals surface area contributed by atoms with Crippen molar-refractivity contribution in [1.82, 2.24) is 0 Å². The Labute approximate surface area is 418 Å². The van der Waals surface area contributed by atoms with Crippen LogP contribution in [0.2, 0.25) is 0 Å². The molecule has 0 aliphatic rings. The molecule has 0 saturated heterocycles. The first-order chi connectivity index (χ1) is 31.0. The topological polar surface area (TPSA) is 114 Å². The third-order valence-electron chi connectivity index (χ3n) is 13.1. The summed E-state index contributed by atoms with van der Waals surface area (Å²) < 4.78 is 72.1. The van der Waals surface area contributed by atoms with E-state index in [1.807, 2.05) is 36.4 Å². The van der Waals surface area contributed by atoms with Crippen molar-refractivity contribution in [3.05, 3.63) is 82.9 Å². The van der Waals surface area contributed by atoms with Gasteiger partial charge in [0, 0.05) is 0 Å². The van der Waals surface area contributed by atoms with Crippen LogP contribution in [0.1, 0.15) is 230 Å². The summed E-state index contributed by atoms with van der Waals surface area (Å²) in [4.78, 5) is -0.0938. The molecule has 2 radical (unpaired) electrons. The van der Waals surface area contributed by atoms with Crippen LogP contribution < -0.4 is 0 Å². The van der Waals surface area contributed by atoms with Crippen LogP contribution in [0.5, 0.6) is 0 Å². The number of rotatable bonds is 34. The second kappa shape index (κ2) is 34.4. The molecule has 0 aliphatic carbocycles. The zero-order valence-electron chi connectivity index (χ0n) is 41.2. The summed E-state index contributed by atoms with van der Waals surface area (Å²) in [5.41, 5.74) is 4.65. The van der Waals surface area contributed by atoms with Gasteiger partial charge in [-0.05, 0) is 107 Å². The zero-order valence-corrected chi connectivity index (χ0v) is 46.7. The smallest absolute Gasteiger partial charge is 0.744 e. The van der Waals surface area contributed by atoms with Crippen molar-refractivity contribution >= 4 is 69.1 Å². The molecule has 0 heterocycles. The van der Waals surface area contributed by atoms with Crippen molar-refractivity contribution in [1.29, 1.82) is 0 Å². The third kappa shape index (κ3) is 22.4. The molecule has 4 rings (SSSR count). The quantitative estimate of drug-likeness (QED) is 0.0261. The molecule has 0 spiro atoms. The number of benzene rings is 4. The maximum absolute atomic E-state index is 12.0. The average Bonchev–Trinajstić information content (AvgIpc) is 3.27. The molecule has 362 valence electrons. The van der Waals surface area contributed by atoms with E-state index in [0.29, 0.717) is 10.8 Å². The minimum atomic E-state index is -4.50. The first-order valence-corrected chi connectivity index (χ1v) is 28.8. The Morgan fingerprint density at radius 1 is 0.338 bits per heavy atom. The van der Waals surface area contributed by atoms with E-state index in [0.717, 1.165) is 86.1 Å². The van der Waals surface area contributed by atoms with Crippen molar-refractivity contribution in [3.8, 4) is 0 Å². The molecule has 0 N–H and O–H groups in total. The van der Waals surface area contributed by atoms with Crippen molar-refractivity contribution in [3.63, 3.8) is 0 Å². The number of unbranched alkanes of at least 4 members (excludes halogenated alkanes) is 24. The van der Waals surface area contributed by atoms with E-state index in [9.17, 15) is 25.9 Å². The molecule has 0 bridgehead atoms. The van der Waals surface area contributed by atoms with Gasteiger partial charge in [0.2, 0.25) is 0 Å². The molecule has 0 aliphatic heterocycles. The molecule has 0 amide bonds. The van der Waals surface area contributed by atoms with Crippen LogP contribution in [0.4, 0.5) is 0 Å². The van der Waals surface area contributed by atoms with E-state index in [1.165, 1.54) is 152 Å². The van der Waals surface area contributed by atoms with E-state index in [1.54, 1.807) is 24.3 Å². The Morgan fingerprint density at radius 2 is 0.569 bits per heavy atom. The fourth-order valence-electron chi connectivity index (χ4n) is 9.43. The number of aryl methyl sites for hydroxylation is 4. The first-order valence-electron chi connectivity index (χ1n) is 26.0. The largest absolute Gasteiger partial charge is 2.00 e. The van der Waals surface area contributed by atoms with Gasteiger partial charge < -0.3 is 9.11 Å². The molecule has 0 saturated carbocycles. The van der Waals surface area contributed by atoms with Crippen molar-refractivity contribution in [2.24, 2.45) is 0 Å². The fraction of sp³-hybridized carbons (Fsp3) is 0.643. The summed E-state index contributed by atoms with van der Waals surface area (Å²) in [6, 6.07) is 18.5. The number of hydrogen-bond donors (Lipinski definition) is 0. The second-order valence-electron chi connectivity index (χ2n) is 18.5. The van der Waals surface area contributed by atoms with Crippen LogP contribution in [0.25, 0.3) is 21.5 Å². The van der Waals surface area contributed by atoms with Gasteiger partial charge in [-0.1, -0.05) is 230 Å². The van der Waals surface area contributed by atoms with Crippen LogP contribution in [-0.2, 0) is 45.9 Å². The molecular formula is C56H86O6PbS2. The molecule has 0 atom stereocenters. The Balaban J connectivity index is 0.000000440. The molecule has 0 aromatic heterocycles. The Bertz CT molecular complexity index is 1960. The predicted octanol–water partition coefficient (Wildman–Crippen LogP) is 16.3. The third-order valence-corrected chi connectivity index (χ3v) is 14.9. The van der Waals surface area contributed by atoms with E-state index >= 15 is 0 Å². The monoisotopic (exact) mass is 1130 g/mol. The van der Waals surface area contributed by atoms with Crippen LogP contribution in [-0.4, -0.2) is 53.2 Å². The van der Waals surface area contributed by atoms with Gasteiger partial charge in [0.1, 0.15) is 20.2 Å². The molecule has 0 unspecified atom stereocenters. The van der Waals surface area contributed by atoms with Crippen LogP contribution >= 0.6 is 0 Å². The van der Waals surface area contributed by atoms with Gasteiger partial charge in [0.25, 0.3) is 0 Å². The molecule has 4 aromatic rings. The summed E-state index contributed by atoms with van der Waals surface area (Å²) in [6.45, 7) is 8.94. The molecule has 6 nitrogen and oxygen atoms in total. The summed E-state index contributed by atoms with van der Waals surface area (Å²) in [5, 5.41) is 3.08. The van der Waals surface area contributed by atoms with Gasteiger partial charge in [0.05, 0.1) is 9.79 Å². The van der Waals surface area contributed by atoms with E-state index in [4.69, 9.17) is 0 Å². The maximum Gasteiger partial charge on any atom is 2.00 e. The Hall–Kier alpha value is -1.86. The SMILES string of the molecule is CCCCCCCCCc1cc(S(=O)(=O)[O-])c2ccccc2c1CCCCCCCCC.CCCCCCCCCc1cc(S(=O)(=O)[O-])c2ccccc2c1CCCCCCCCC.[Pb+2]. The summed E-state index contributed by atoms with van der Waals surface area (Å²) >= 11 is 0. The normalized spacial score (nSPS) is 11.8. The average molecular weight is 1130 g/mol. The second-order valence-corrected chi connectivity index (χ2v) is 21.2. The van der Waals surface area contributed by atoms with E-state index < -0.39 is 20.2 Å². The van der Waals surface area contributed by atoms with Gasteiger partial charge >= 0.3 is 27.3 Å². The minimum absolute atomic E-state index is 0. The van der Waals surface area contributed by atoms with E-state index in [-0.39, 0.29) is 37.1 Å². The number of hydrogen-bond acceptors (Lipinski definition) is 6. The summed E-state index contributed by atoms with van der Waals surface area (Å²) in [7, 11) is -9.00. The van der Waals surface area contributed by atoms with Gasteiger partial charge in [-0.25, -0.2) is 16.8 Å². The molecule has 0 fully saturated rings. The number of fused-ring (bicyclic) bond motifs is 2. The van der Waals surface area contributed by atoms with Crippen molar-refractivity contribution in [2.45, 2.75) is 243 Å². The minimum Gasteiger partial charge on any atom is -0.744 e. The zero-order chi connectivity index (χ0) is 46.5. The summed E-state index contributed by atoms with van der Waals surface area (Å²) in [5.74, 6) is 0. The summed E-state index contributed by atoms with van der Waals surface area (Å²) in [6.07, 6.45) is 38.3. The Morgan fingerprint density at radius 3 is 0.831 bits per heavy atom. The fourth-order valence-corrected chi connectivity index (χ4v) is 10.9. The van der Waals surface area contributed by atoms with Crippen molar-refractivity contribution in [2.75, 3.05) is 0 Å². The van der Waals surface area contributed by atoms with Crippen LogP contribution in [0.3, 0.4) is 0 Å². The van der Waals surface area contributed by atoms with E-state index in [2.05, 4.69) is 27.7 Å². The standard InChI is InChI=1S/2C28H44O3S.Pb/c2*1-3-5-7-9-11-13-15-19-24-23-28(32(29,30)31)27-22-18-17-21-26(27)25(24)20-16-14-12-10-8-6-4-2;/h2*17-18,21-23H,3-16,19-20H2,1-2H3,(H,29,30,31);/q;;+2/p-2. The van der Waals surface area contributed by atoms with Crippen LogP contribution in [0, 0.1) is 0 Å². The van der Waals surface area contributed by atoms with Gasteiger partial charge in [-0.3, -0.25) is 0 Å². The molecular weight excluding hydrogens is 1040 g/mol.